The summed E-state index contributed by atoms with van der Waals surface area (Å²) in [5.74, 6) is 0.557. The molecule has 1 aliphatic heterocycles. The lowest BCUT2D eigenvalue weighted by molar-refractivity contribution is 0.221. The van der Waals surface area contributed by atoms with E-state index in [1.165, 1.54) is 16.0 Å². The van der Waals surface area contributed by atoms with E-state index in [1.807, 2.05) is 23.7 Å². The summed E-state index contributed by atoms with van der Waals surface area (Å²) in [6.07, 6.45) is 4.85. The number of rotatable bonds is 8. The van der Waals surface area contributed by atoms with E-state index >= 15 is 0 Å². The minimum Gasteiger partial charge on any atom is -0.298 e. The number of nitrogens with zero attached hydrogens (tertiary/aromatic N) is 2. The first-order chi connectivity index (χ1) is 13.4. The van der Waals surface area contributed by atoms with Crippen LogP contribution >= 0.6 is 11.3 Å². The highest BCUT2D eigenvalue weighted by Crippen LogP contribution is 2.29. The number of hydrogen-bond acceptors (Lipinski definition) is 5. The van der Waals surface area contributed by atoms with E-state index in [-0.39, 0.29) is 0 Å². The highest BCUT2D eigenvalue weighted by Gasteiger charge is 2.30. The van der Waals surface area contributed by atoms with Gasteiger partial charge in [-0.2, -0.15) is 0 Å². The van der Waals surface area contributed by atoms with E-state index in [4.69, 9.17) is 0 Å². The van der Waals surface area contributed by atoms with Crippen LogP contribution in [0.15, 0.2) is 72.4 Å². The number of aromatic nitrogens is 1. The molecule has 1 fully saturated rings. The maximum atomic E-state index is 4.16. The van der Waals surface area contributed by atoms with Crippen molar-refractivity contribution in [1.29, 1.82) is 0 Å². The molecule has 5 heteroatoms. The van der Waals surface area contributed by atoms with Crippen LogP contribution in [0.5, 0.6) is 0 Å². The van der Waals surface area contributed by atoms with Crippen molar-refractivity contribution in [3.63, 3.8) is 0 Å². The molecule has 2 atom stereocenters. The number of benzene rings is 1. The first-order valence-electron chi connectivity index (χ1n) is 9.55. The second-order valence-electron chi connectivity index (χ2n) is 7.10. The molecule has 2 aromatic heterocycles. The second kappa shape index (κ2) is 9.24. The van der Waals surface area contributed by atoms with Gasteiger partial charge in [0.2, 0.25) is 0 Å². The van der Waals surface area contributed by atoms with Gasteiger partial charge in [-0.05, 0) is 41.1 Å². The molecule has 2 unspecified atom stereocenters. The third-order valence-electron chi connectivity index (χ3n) is 5.15. The van der Waals surface area contributed by atoms with Crippen molar-refractivity contribution in [1.82, 2.24) is 20.7 Å². The van der Waals surface area contributed by atoms with Crippen molar-refractivity contribution in [3.8, 4) is 0 Å². The van der Waals surface area contributed by atoms with Crippen LogP contribution in [-0.2, 0) is 13.0 Å². The van der Waals surface area contributed by atoms with Crippen molar-refractivity contribution in [2.75, 3.05) is 19.6 Å². The quantitative estimate of drug-likeness (QED) is 0.628. The Kier molecular flexibility index (Phi) is 6.27. The van der Waals surface area contributed by atoms with Crippen molar-refractivity contribution >= 4 is 11.3 Å². The Hall–Kier alpha value is -2.05. The zero-order valence-electron chi connectivity index (χ0n) is 15.4. The standard InChI is InChI=1S/C22H26N4S/c1-2-5-18(6-3-1)10-13-26(16-19-8-11-23-12-9-19)17-20-15-24-25-22(20)21-7-4-14-27-21/h1-9,11-12,14,20,22,24-25H,10,13,15-17H2. The van der Waals surface area contributed by atoms with Gasteiger partial charge in [0, 0.05) is 49.4 Å². The number of hydrazine groups is 1. The lowest BCUT2D eigenvalue weighted by atomic mass is 9.99. The van der Waals surface area contributed by atoms with Gasteiger partial charge < -0.3 is 0 Å². The minimum atomic E-state index is 0.390. The van der Waals surface area contributed by atoms with Crippen molar-refractivity contribution < 1.29 is 0 Å². The molecule has 0 spiro atoms. The molecule has 1 saturated heterocycles. The Labute approximate surface area is 165 Å². The van der Waals surface area contributed by atoms with E-state index < -0.39 is 0 Å². The summed E-state index contributed by atoms with van der Waals surface area (Å²) in [7, 11) is 0. The molecule has 140 valence electrons. The molecule has 0 saturated carbocycles. The molecule has 1 aliphatic rings. The largest absolute Gasteiger partial charge is 0.298 e. The lowest BCUT2D eigenvalue weighted by Gasteiger charge is -2.28. The Morgan fingerprint density at radius 2 is 1.85 bits per heavy atom. The van der Waals surface area contributed by atoms with Crippen LogP contribution in [0.1, 0.15) is 22.0 Å². The average Bonchev–Trinajstić information content (AvgIpc) is 3.39. The summed E-state index contributed by atoms with van der Waals surface area (Å²) in [6.45, 7) is 4.08. The van der Waals surface area contributed by atoms with Gasteiger partial charge in [0.15, 0.2) is 0 Å². The predicted octanol–water partition coefficient (Wildman–Crippen LogP) is 3.65. The Morgan fingerprint density at radius 1 is 1.00 bits per heavy atom. The Balaban J connectivity index is 1.45. The monoisotopic (exact) mass is 378 g/mol. The highest BCUT2D eigenvalue weighted by atomic mass is 32.1. The van der Waals surface area contributed by atoms with Crippen molar-refractivity contribution in [2.24, 2.45) is 5.92 Å². The lowest BCUT2D eigenvalue weighted by Crippen LogP contribution is -2.34. The zero-order chi connectivity index (χ0) is 18.3. The fraction of sp³-hybridized carbons (Fsp3) is 0.318. The third kappa shape index (κ3) is 5.02. The third-order valence-corrected chi connectivity index (χ3v) is 6.11. The summed E-state index contributed by atoms with van der Waals surface area (Å²) in [5, 5.41) is 2.16. The molecule has 0 bridgehead atoms. The fourth-order valence-corrected chi connectivity index (χ4v) is 4.59. The molecule has 0 radical (unpaired) electrons. The first kappa shape index (κ1) is 18.3. The van der Waals surface area contributed by atoms with Gasteiger partial charge in [0.1, 0.15) is 0 Å². The summed E-state index contributed by atoms with van der Waals surface area (Å²) in [6, 6.07) is 19.8. The maximum absolute atomic E-state index is 4.16. The van der Waals surface area contributed by atoms with Crippen molar-refractivity contribution in [2.45, 2.75) is 19.0 Å². The van der Waals surface area contributed by atoms with Crippen LogP contribution in [0.25, 0.3) is 0 Å². The molecule has 3 aromatic rings. The van der Waals surface area contributed by atoms with Crippen LogP contribution < -0.4 is 10.9 Å². The summed E-state index contributed by atoms with van der Waals surface area (Å²) >= 11 is 1.84. The van der Waals surface area contributed by atoms with E-state index in [2.05, 4.69) is 80.7 Å². The van der Waals surface area contributed by atoms with Crippen LogP contribution in [0, 0.1) is 5.92 Å². The molecular weight excluding hydrogens is 352 g/mol. The molecule has 4 nitrogen and oxygen atoms in total. The molecule has 2 N–H and O–H groups in total. The molecule has 4 rings (SSSR count). The summed E-state index contributed by atoms with van der Waals surface area (Å²) < 4.78 is 0. The normalized spacial score (nSPS) is 19.6. The molecular formula is C22H26N4S. The average molecular weight is 379 g/mol. The van der Waals surface area contributed by atoms with Gasteiger partial charge in [-0.1, -0.05) is 36.4 Å². The molecule has 3 heterocycles. The first-order valence-corrected chi connectivity index (χ1v) is 10.4. The molecule has 0 aliphatic carbocycles. The van der Waals surface area contributed by atoms with Crippen LogP contribution in [0.4, 0.5) is 0 Å². The van der Waals surface area contributed by atoms with E-state index in [0.717, 1.165) is 32.6 Å². The van der Waals surface area contributed by atoms with Crippen molar-refractivity contribution in [3.05, 3.63) is 88.4 Å². The maximum Gasteiger partial charge on any atom is 0.0608 e. The second-order valence-corrected chi connectivity index (χ2v) is 8.08. The van der Waals surface area contributed by atoms with Gasteiger partial charge in [-0.3, -0.25) is 15.3 Å². The summed E-state index contributed by atoms with van der Waals surface area (Å²) in [4.78, 5) is 8.16. The highest BCUT2D eigenvalue weighted by molar-refractivity contribution is 7.10. The van der Waals surface area contributed by atoms with Gasteiger partial charge in [-0.15, -0.1) is 11.3 Å². The number of hydrogen-bond donors (Lipinski definition) is 2. The van der Waals surface area contributed by atoms with Crippen LogP contribution in [0.3, 0.4) is 0 Å². The van der Waals surface area contributed by atoms with E-state index in [9.17, 15) is 0 Å². The van der Waals surface area contributed by atoms with E-state index in [0.29, 0.717) is 12.0 Å². The molecule has 1 aromatic carbocycles. The Bertz CT molecular complexity index is 792. The molecule has 27 heavy (non-hydrogen) atoms. The van der Waals surface area contributed by atoms with Gasteiger partial charge in [-0.25, -0.2) is 5.43 Å². The van der Waals surface area contributed by atoms with Gasteiger partial charge in [0.25, 0.3) is 0 Å². The fourth-order valence-electron chi connectivity index (χ4n) is 3.72. The van der Waals surface area contributed by atoms with Crippen LogP contribution in [0.2, 0.25) is 0 Å². The Morgan fingerprint density at radius 3 is 2.63 bits per heavy atom. The minimum absolute atomic E-state index is 0.390. The van der Waals surface area contributed by atoms with Crippen LogP contribution in [-0.4, -0.2) is 29.5 Å². The van der Waals surface area contributed by atoms with Gasteiger partial charge >= 0.3 is 0 Å². The topological polar surface area (TPSA) is 40.2 Å². The number of pyridine rings is 1. The van der Waals surface area contributed by atoms with Gasteiger partial charge in [0.05, 0.1) is 6.04 Å². The SMILES string of the molecule is c1ccc(CCN(Cc2ccncc2)CC2CNNC2c2cccs2)cc1. The molecule has 0 amide bonds. The smallest absolute Gasteiger partial charge is 0.0608 e. The number of thiophene rings is 1. The zero-order valence-corrected chi connectivity index (χ0v) is 16.2. The van der Waals surface area contributed by atoms with E-state index in [1.54, 1.807) is 0 Å². The predicted molar refractivity (Wildman–Crippen MR) is 111 cm³/mol. The summed E-state index contributed by atoms with van der Waals surface area (Å²) in [5.41, 5.74) is 9.57. The number of nitrogens with one attached hydrogen (secondary N) is 2.